The number of nitrogens with zero attached hydrogens (tertiary/aromatic N) is 1. The third kappa shape index (κ3) is 5.17. The van der Waals surface area contributed by atoms with Crippen molar-refractivity contribution in [2.45, 2.75) is 31.8 Å². The fourth-order valence-corrected chi connectivity index (χ4v) is 5.29. The van der Waals surface area contributed by atoms with E-state index < -0.39 is 15.9 Å². The van der Waals surface area contributed by atoms with Crippen molar-refractivity contribution in [3.05, 3.63) is 83.4 Å². The second-order valence-corrected chi connectivity index (χ2v) is 10.3. The molecule has 3 aromatic carbocycles. The molecule has 0 bridgehead atoms. The van der Waals surface area contributed by atoms with Gasteiger partial charge in [0.1, 0.15) is 19.3 Å². The topological polar surface area (TPSA) is 84.9 Å². The average molecular weight is 481 g/mol. The van der Waals surface area contributed by atoms with Crippen LogP contribution in [0.25, 0.3) is 0 Å². The molecule has 34 heavy (non-hydrogen) atoms. The first kappa shape index (κ1) is 23.6. The molecule has 178 valence electrons. The van der Waals surface area contributed by atoms with Gasteiger partial charge in [-0.25, -0.2) is 8.42 Å². The van der Waals surface area contributed by atoms with Crippen molar-refractivity contribution in [2.24, 2.45) is 0 Å². The fourth-order valence-electron chi connectivity index (χ4n) is 3.80. The van der Waals surface area contributed by atoms with E-state index in [9.17, 15) is 13.2 Å². The van der Waals surface area contributed by atoms with E-state index in [0.717, 1.165) is 21.0 Å². The molecule has 0 saturated heterocycles. The molecule has 7 nitrogen and oxygen atoms in total. The van der Waals surface area contributed by atoms with Gasteiger partial charge in [-0.05, 0) is 56.7 Å². The van der Waals surface area contributed by atoms with Crippen molar-refractivity contribution in [3.8, 4) is 11.5 Å². The summed E-state index contributed by atoms with van der Waals surface area (Å²) in [7, 11) is -3.97. The number of sulfonamides is 1. The molecule has 1 atom stereocenters. The van der Waals surface area contributed by atoms with Gasteiger partial charge in [-0.1, -0.05) is 47.5 Å². The first-order valence-corrected chi connectivity index (χ1v) is 12.5. The van der Waals surface area contributed by atoms with Crippen LogP contribution < -0.4 is 19.1 Å². The molecule has 8 heteroatoms. The number of anilines is 1. The maximum atomic E-state index is 13.6. The molecule has 4 rings (SSSR count). The lowest BCUT2D eigenvalue weighted by atomic mass is 10.1. The quantitative estimate of drug-likeness (QED) is 0.557. The summed E-state index contributed by atoms with van der Waals surface area (Å²) >= 11 is 0. The van der Waals surface area contributed by atoms with Gasteiger partial charge in [-0.15, -0.1) is 0 Å². The molecule has 1 N–H and O–H groups in total. The van der Waals surface area contributed by atoms with Crippen LogP contribution in [-0.2, 0) is 14.8 Å². The Balaban J connectivity index is 1.52. The molecule has 1 aliphatic heterocycles. The molecule has 0 unspecified atom stereocenters. The Morgan fingerprint density at radius 2 is 1.65 bits per heavy atom. The highest BCUT2D eigenvalue weighted by atomic mass is 32.2. The molecule has 0 aliphatic carbocycles. The van der Waals surface area contributed by atoms with E-state index in [2.05, 4.69) is 5.32 Å². The first-order valence-electron chi connectivity index (χ1n) is 11.1. The average Bonchev–Trinajstić information content (AvgIpc) is 2.82. The van der Waals surface area contributed by atoms with E-state index in [1.807, 2.05) is 51.1 Å². The monoisotopic (exact) mass is 480 g/mol. The number of hydrogen-bond donors (Lipinski definition) is 1. The lowest BCUT2D eigenvalue weighted by Crippen LogP contribution is -2.45. The summed E-state index contributed by atoms with van der Waals surface area (Å²) in [6, 6.07) is 19.4. The Labute approximate surface area is 200 Å². The Kier molecular flexibility index (Phi) is 6.79. The second kappa shape index (κ2) is 9.77. The molecule has 1 heterocycles. The van der Waals surface area contributed by atoms with Gasteiger partial charge < -0.3 is 14.8 Å². The van der Waals surface area contributed by atoms with Crippen molar-refractivity contribution in [1.29, 1.82) is 0 Å². The summed E-state index contributed by atoms with van der Waals surface area (Å²) in [5.74, 6) is 0.847. The van der Waals surface area contributed by atoms with Crippen LogP contribution in [0.15, 0.2) is 71.6 Å². The van der Waals surface area contributed by atoms with Gasteiger partial charge in [-0.2, -0.15) is 0 Å². The highest BCUT2D eigenvalue weighted by molar-refractivity contribution is 7.92. The number of ether oxygens (including phenoxy) is 2. The van der Waals surface area contributed by atoms with Crippen LogP contribution in [0.5, 0.6) is 11.5 Å². The van der Waals surface area contributed by atoms with Crippen LogP contribution in [0.1, 0.15) is 16.7 Å². The zero-order chi connectivity index (χ0) is 24.3. The molecule has 1 amide bonds. The smallest absolute Gasteiger partial charge is 0.264 e. The highest BCUT2D eigenvalue weighted by Crippen LogP contribution is 2.31. The van der Waals surface area contributed by atoms with Crippen molar-refractivity contribution in [2.75, 3.05) is 24.0 Å². The van der Waals surface area contributed by atoms with Gasteiger partial charge in [0.15, 0.2) is 11.5 Å². The summed E-state index contributed by atoms with van der Waals surface area (Å²) in [6.07, 6.45) is -0.373. The predicted molar refractivity (Wildman–Crippen MR) is 131 cm³/mol. The van der Waals surface area contributed by atoms with E-state index in [-0.39, 0.29) is 24.1 Å². The predicted octanol–water partition coefficient (Wildman–Crippen LogP) is 3.76. The molecule has 0 radical (unpaired) electrons. The van der Waals surface area contributed by atoms with Crippen LogP contribution in [0, 0.1) is 20.8 Å². The van der Waals surface area contributed by atoms with Crippen LogP contribution in [0.3, 0.4) is 0 Å². The van der Waals surface area contributed by atoms with Gasteiger partial charge in [0, 0.05) is 0 Å². The molecular formula is C26H28N2O5S. The number of rotatable bonds is 7. The van der Waals surface area contributed by atoms with Gasteiger partial charge in [0.25, 0.3) is 10.0 Å². The van der Waals surface area contributed by atoms with E-state index in [0.29, 0.717) is 23.8 Å². The number of para-hydroxylation sites is 2. The minimum Gasteiger partial charge on any atom is -0.486 e. The molecule has 3 aromatic rings. The minimum absolute atomic E-state index is 0.131. The maximum absolute atomic E-state index is 13.6. The normalized spacial score (nSPS) is 15.0. The summed E-state index contributed by atoms with van der Waals surface area (Å²) in [5.41, 5.74) is 3.19. The van der Waals surface area contributed by atoms with E-state index >= 15 is 0 Å². The van der Waals surface area contributed by atoms with E-state index in [4.69, 9.17) is 9.47 Å². The van der Waals surface area contributed by atoms with Crippen LogP contribution in [0.4, 0.5) is 5.69 Å². The number of carbonyl (C=O) groups excluding carboxylic acids is 1. The number of amides is 1. The molecule has 1 aliphatic rings. The molecule has 0 saturated carbocycles. The number of fused-ring (bicyclic) bond motifs is 1. The number of benzene rings is 3. The second-order valence-electron chi connectivity index (χ2n) is 8.42. The van der Waals surface area contributed by atoms with Crippen molar-refractivity contribution >= 4 is 21.6 Å². The summed E-state index contributed by atoms with van der Waals surface area (Å²) in [4.78, 5) is 13.0. The summed E-state index contributed by atoms with van der Waals surface area (Å²) in [6.45, 7) is 5.79. The highest BCUT2D eigenvalue weighted by Gasteiger charge is 2.29. The lowest BCUT2D eigenvalue weighted by Gasteiger charge is -2.28. The number of hydrogen-bond acceptors (Lipinski definition) is 5. The Morgan fingerprint density at radius 1 is 0.971 bits per heavy atom. The van der Waals surface area contributed by atoms with Gasteiger partial charge in [0.2, 0.25) is 5.91 Å². The largest absolute Gasteiger partial charge is 0.486 e. The van der Waals surface area contributed by atoms with E-state index in [1.165, 1.54) is 0 Å². The summed E-state index contributed by atoms with van der Waals surface area (Å²) < 4.78 is 39.8. The maximum Gasteiger partial charge on any atom is 0.264 e. The number of aryl methyl sites for hydroxylation is 3. The fraction of sp³-hybridized carbons (Fsp3) is 0.269. The number of nitrogens with one attached hydrogen (secondary N) is 1. The zero-order valence-electron chi connectivity index (χ0n) is 19.4. The third-order valence-electron chi connectivity index (χ3n) is 5.61. The summed E-state index contributed by atoms with van der Waals surface area (Å²) in [5, 5.41) is 2.80. The Bertz CT molecular complexity index is 1290. The first-order chi connectivity index (χ1) is 16.2. The van der Waals surface area contributed by atoms with E-state index in [1.54, 1.807) is 36.4 Å². The Hall–Kier alpha value is -3.52. The lowest BCUT2D eigenvalue weighted by molar-refractivity contribution is -0.120. The SMILES string of the molecule is Cc1ccc(S(=O)(=O)N(CC(=O)NC[C@H]2COc3ccccc3O2)c2ccc(C)cc2C)cc1. The van der Waals surface area contributed by atoms with Crippen molar-refractivity contribution in [1.82, 2.24) is 5.32 Å². The Morgan fingerprint density at radius 3 is 2.35 bits per heavy atom. The van der Waals surface area contributed by atoms with Gasteiger partial charge in [0.05, 0.1) is 17.1 Å². The third-order valence-corrected chi connectivity index (χ3v) is 7.39. The van der Waals surface area contributed by atoms with Gasteiger partial charge >= 0.3 is 0 Å². The molecule has 0 fully saturated rings. The van der Waals surface area contributed by atoms with Crippen LogP contribution >= 0.6 is 0 Å². The van der Waals surface area contributed by atoms with Crippen molar-refractivity contribution < 1.29 is 22.7 Å². The minimum atomic E-state index is -3.97. The molecule has 0 aromatic heterocycles. The van der Waals surface area contributed by atoms with Gasteiger partial charge in [-0.3, -0.25) is 9.10 Å². The van der Waals surface area contributed by atoms with Crippen LogP contribution in [-0.4, -0.2) is 40.1 Å². The number of carbonyl (C=O) groups is 1. The standard InChI is InChI=1S/C26H28N2O5S/c1-18-8-11-22(12-9-18)34(30,31)28(23-13-10-19(2)14-20(23)3)16-26(29)27-15-21-17-32-24-6-4-5-7-25(24)33-21/h4-14,21H,15-17H2,1-3H3,(H,27,29)/t21-/m0/s1. The van der Waals surface area contributed by atoms with Crippen LogP contribution in [0.2, 0.25) is 0 Å². The molecule has 0 spiro atoms. The molecular weight excluding hydrogens is 452 g/mol. The van der Waals surface area contributed by atoms with Crippen molar-refractivity contribution in [3.63, 3.8) is 0 Å². The zero-order valence-corrected chi connectivity index (χ0v) is 20.3.